The molecule has 4 rings (SSSR count). The van der Waals surface area contributed by atoms with Gasteiger partial charge in [-0.15, -0.1) is 0 Å². The smallest absolute Gasteiger partial charge is 0.248 e. The molecule has 26 heavy (non-hydrogen) atoms. The van der Waals surface area contributed by atoms with Crippen molar-refractivity contribution in [3.63, 3.8) is 0 Å². The van der Waals surface area contributed by atoms with Gasteiger partial charge in [0.25, 0.3) is 0 Å². The lowest BCUT2D eigenvalue weighted by molar-refractivity contribution is 0.361. The third kappa shape index (κ3) is 2.73. The Morgan fingerprint density at radius 2 is 1.81 bits per heavy atom. The molecule has 0 unspecified atom stereocenters. The lowest BCUT2D eigenvalue weighted by Gasteiger charge is -2.11. The topological polar surface area (TPSA) is 55.9 Å². The fourth-order valence-electron chi connectivity index (χ4n) is 3.45. The molecule has 0 spiro atoms. The highest BCUT2D eigenvalue weighted by Gasteiger charge is 2.16. The maximum Gasteiger partial charge on any atom is 0.248 e. The normalized spacial score (nSPS) is 13.0. The Labute approximate surface area is 153 Å². The summed E-state index contributed by atoms with van der Waals surface area (Å²) in [7, 11) is 0. The van der Waals surface area contributed by atoms with E-state index >= 15 is 0 Å². The van der Waals surface area contributed by atoms with Gasteiger partial charge in [0.2, 0.25) is 5.89 Å². The first-order valence-electron chi connectivity index (χ1n) is 9.19. The molecule has 2 aromatic heterocycles. The van der Waals surface area contributed by atoms with E-state index in [-0.39, 0.29) is 12.0 Å². The van der Waals surface area contributed by atoms with E-state index < -0.39 is 0 Å². The van der Waals surface area contributed by atoms with Crippen LogP contribution in [-0.2, 0) is 6.54 Å². The van der Waals surface area contributed by atoms with Gasteiger partial charge in [0.15, 0.2) is 5.82 Å². The number of nitrogens with zero attached hydrogens (tertiary/aromatic N) is 3. The molecule has 1 N–H and O–H groups in total. The number of anilines is 1. The number of rotatable bonds is 5. The lowest BCUT2D eigenvalue weighted by atomic mass is 10.1. The van der Waals surface area contributed by atoms with Crippen LogP contribution in [-0.4, -0.2) is 14.7 Å². The molecule has 0 amide bonds. The summed E-state index contributed by atoms with van der Waals surface area (Å²) in [6.45, 7) is 9.29. The van der Waals surface area contributed by atoms with Gasteiger partial charge >= 0.3 is 0 Å². The fourth-order valence-corrected chi connectivity index (χ4v) is 3.45. The number of fused-ring (bicyclic) bond motifs is 3. The molecule has 0 bridgehead atoms. The van der Waals surface area contributed by atoms with E-state index in [1.165, 1.54) is 21.8 Å². The third-order valence-electron chi connectivity index (χ3n) is 4.82. The molecule has 5 nitrogen and oxygen atoms in total. The summed E-state index contributed by atoms with van der Waals surface area (Å²) in [5.41, 5.74) is 3.58. The van der Waals surface area contributed by atoms with Crippen LogP contribution in [0.5, 0.6) is 0 Å². The zero-order valence-corrected chi connectivity index (χ0v) is 15.7. The van der Waals surface area contributed by atoms with Crippen molar-refractivity contribution in [3.8, 4) is 0 Å². The van der Waals surface area contributed by atoms with Gasteiger partial charge in [0.1, 0.15) is 6.04 Å². The van der Waals surface area contributed by atoms with Crippen LogP contribution >= 0.6 is 0 Å². The highest BCUT2D eigenvalue weighted by Crippen LogP contribution is 2.32. The van der Waals surface area contributed by atoms with Crippen LogP contribution in [0, 0.1) is 0 Å². The highest BCUT2D eigenvalue weighted by molar-refractivity contribution is 6.09. The molecule has 2 heterocycles. The van der Waals surface area contributed by atoms with Crippen molar-refractivity contribution in [1.82, 2.24) is 14.7 Å². The van der Waals surface area contributed by atoms with E-state index in [4.69, 9.17) is 4.52 Å². The predicted molar refractivity (Wildman–Crippen MR) is 106 cm³/mol. The summed E-state index contributed by atoms with van der Waals surface area (Å²) in [6.07, 6.45) is 0. The van der Waals surface area contributed by atoms with Crippen LogP contribution in [0.3, 0.4) is 0 Å². The summed E-state index contributed by atoms with van der Waals surface area (Å²) >= 11 is 0. The number of hydrogen-bond acceptors (Lipinski definition) is 4. The van der Waals surface area contributed by atoms with Gasteiger partial charge in [-0.25, -0.2) is 0 Å². The maximum atomic E-state index is 5.41. The van der Waals surface area contributed by atoms with Crippen molar-refractivity contribution in [2.24, 2.45) is 0 Å². The third-order valence-corrected chi connectivity index (χ3v) is 4.82. The Morgan fingerprint density at radius 3 is 2.54 bits per heavy atom. The number of benzene rings is 2. The van der Waals surface area contributed by atoms with Gasteiger partial charge in [-0.1, -0.05) is 37.2 Å². The zero-order chi connectivity index (χ0) is 18.3. The molecule has 0 aliphatic rings. The Hall–Kier alpha value is -2.82. The molecular weight excluding hydrogens is 324 g/mol. The Balaban J connectivity index is 1.70. The van der Waals surface area contributed by atoms with E-state index in [2.05, 4.69) is 83.3 Å². The molecule has 0 aliphatic carbocycles. The number of para-hydroxylation sites is 1. The molecule has 4 aromatic rings. The quantitative estimate of drug-likeness (QED) is 0.518. The molecule has 0 saturated heterocycles. The summed E-state index contributed by atoms with van der Waals surface area (Å²) in [5, 5.41) is 10.1. The van der Waals surface area contributed by atoms with E-state index in [0.717, 1.165) is 18.1 Å². The second-order valence-corrected chi connectivity index (χ2v) is 7.00. The Kier molecular flexibility index (Phi) is 4.15. The fraction of sp³-hybridized carbons (Fsp3) is 0.333. The van der Waals surface area contributed by atoms with Crippen LogP contribution in [0.15, 0.2) is 47.0 Å². The number of hydrogen-bond donors (Lipinski definition) is 1. The summed E-state index contributed by atoms with van der Waals surface area (Å²) in [6, 6.07) is 15.0. The van der Waals surface area contributed by atoms with Crippen molar-refractivity contribution in [2.45, 2.75) is 46.2 Å². The van der Waals surface area contributed by atoms with E-state index in [1.54, 1.807) is 0 Å². The van der Waals surface area contributed by atoms with Gasteiger partial charge < -0.3 is 14.4 Å². The molecule has 0 aliphatic heterocycles. The second kappa shape index (κ2) is 6.48. The molecule has 5 heteroatoms. The second-order valence-electron chi connectivity index (χ2n) is 7.00. The number of nitrogens with one attached hydrogen (secondary N) is 1. The summed E-state index contributed by atoms with van der Waals surface area (Å²) in [4.78, 5) is 4.49. The molecule has 2 aromatic carbocycles. The summed E-state index contributed by atoms with van der Waals surface area (Å²) in [5.74, 6) is 1.62. The minimum Gasteiger partial charge on any atom is -0.374 e. The Morgan fingerprint density at radius 1 is 1.04 bits per heavy atom. The first-order chi connectivity index (χ1) is 12.6. The number of aryl methyl sites for hydroxylation is 1. The van der Waals surface area contributed by atoms with E-state index in [9.17, 15) is 0 Å². The Bertz CT molecular complexity index is 1060. The number of aromatic nitrogens is 3. The molecule has 1 atom stereocenters. The first kappa shape index (κ1) is 16.6. The van der Waals surface area contributed by atoms with Crippen molar-refractivity contribution in [2.75, 3.05) is 5.32 Å². The van der Waals surface area contributed by atoms with Crippen molar-refractivity contribution >= 4 is 27.5 Å². The first-order valence-corrected chi connectivity index (χ1v) is 9.19. The van der Waals surface area contributed by atoms with Gasteiger partial charge in [-0.05, 0) is 38.1 Å². The standard InChI is InChI=1S/C21H24N4O/c1-5-25-18-9-7-6-8-16(18)17-12-15(10-11-19(17)25)22-14(4)21-23-20(13(2)3)24-26-21/h6-14,22H,5H2,1-4H3/t14-/m0/s1. The molecule has 134 valence electrons. The zero-order valence-electron chi connectivity index (χ0n) is 15.7. The van der Waals surface area contributed by atoms with Gasteiger partial charge in [0, 0.05) is 40.0 Å². The minimum absolute atomic E-state index is 0.0491. The average Bonchev–Trinajstić information content (AvgIpc) is 3.25. The summed E-state index contributed by atoms with van der Waals surface area (Å²) < 4.78 is 7.76. The van der Waals surface area contributed by atoms with Crippen LogP contribution in [0.25, 0.3) is 21.8 Å². The van der Waals surface area contributed by atoms with Gasteiger partial charge in [-0.2, -0.15) is 4.98 Å². The van der Waals surface area contributed by atoms with E-state index in [1.807, 2.05) is 6.92 Å². The molecular formula is C21H24N4O. The van der Waals surface area contributed by atoms with E-state index in [0.29, 0.717) is 5.89 Å². The van der Waals surface area contributed by atoms with Crippen molar-refractivity contribution in [3.05, 3.63) is 54.2 Å². The monoisotopic (exact) mass is 348 g/mol. The van der Waals surface area contributed by atoms with Crippen LogP contribution < -0.4 is 5.32 Å². The molecule has 0 fully saturated rings. The largest absolute Gasteiger partial charge is 0.374 e. The molecule has 0 radical (unpaired) electrons. The van der Waals surface area contributed by atoms with Gasteiger partial charge in [0.05, 0.1) is 0 Å². The molecule has 0 saturated carbocycles. The highest BCUT2D eigenvalue weighted by atomic mass is 16.5. The van der Waals surface area contributed by atoms with Crippen molar-refractivity contribution in [1.29, 1.82) is 0 Å². The van der Waals surface area contributed by atoms with Crippen LogP contribution in [0.4, 0.5) is 5.69 Å². The van der Waals surface area contributed by atoms with Gasteiger partial charge in [-0.3, -0.25) is 0 Å². The SMILES string of the molecule is CCn1c2ccccc2c2cc(N[C@@H](C)c3nc(C(C)C)no3)ccc21. The minimum atomic E-state index is -0.0491. The predicted octanol–water partition coefficient (Wildman–Crippen LogP) is 5.49. The maximum absolute atomic E-state index is 5.41. The van der Waals surface area contributed by atoms with Crippen LogP contribution in [0.2, 0.25) is 0 Å². The van der Waals surface area contributed by atoms with Crippen LogP contribution in [0.1, 0.15) is 51.4 Å². The lowest BCUT2D eigenvalue weighted by Crippen LogP contribution is -2.07. The van der Waals surface area contributed by atoms with Crippen molar-refractivity contribution < 1.29 is 4.52 Å². The average molecular weight is 348 g/mol.